The van der Waals surface area contributed by atoms with Gasteiger partial charge in [0.2, 0.25) is 0 Å². The standard InChI is InChI=1S/C11H16N2/c1-9-5-6-10(8-9)13-11-4-2-3-7-12-11/h2-4,7,9-10H,5-6,8H2,1H3,(H,12,13). The van der Waals surface area contributed by atoms with Crippen molar-refractivity contribution in [3.05, 3.63) is 24.4 Å². The lowest BCUT2D eigenvalue weighted by Gasteiger charge is -2.12. The van der Waals surface area contributed by atoms with E-state index in [1.54, 1.807) is 0 Å². The maximum absolute atomic E-state index is 4.26. The van der Waals surface area contributed by atoms with Gasteiger partial charge in [-0.15, -0.1) is 0 Å². The van der Waals surface area contributed by atoms with E-state index in [4.69, 9.17) is 0 Å². The lowest BCUT2D eigenvalue weighted by Crippen LogP contribution is -2.15. The van der Waals surface area contributed by atoms with Gasteiger partial charge in [0.05, 0.1) is 0 Å². The van der Waals surface area contributed by atoms with Gasteiger partial charge in [0.15, 0.2) is 0 Å². The molecule has 70 valence electrons. The van der Waals surface area contributed by atoms with Crippen molar-refractivity contribution in [1.82, 2.24) is 4.98 Å². The Labute approximate surface area is 79.4 Å². The van der Waals surface area contributed by atoms with Gasteiger partial charge in [0, 0.05) is 12.2 Å². The van der Waals surface area contributed by atoms with E-state index in [1.807, 2.05) is 24.4 Å². The quantitative estimate of drug-likeness (QED) is 0.749. The first-order valence-electron chi connectivity index (χ1n) is 5.02. The van der Waals surface area contributed by atoms with E-state index in [0.717, 1.165) is 11.7 Å². The number of pyridine rings is 1. The van der Waals surface area contributed by atoms with Crippen molar-refractivity contribution >= 4 is 5.82 Å². The van der Waals surface area contributed by atoms with Crippen molar-refractivity contribution < 1.29 is 0 Å². The number of anilines is 1. The van der Waals surface area contributed by atoms with E-state index < -0.39 is 0 Å². The summed E-state index contributed by atoms with van der Waals surface area (Å²) >= 11 is 0. The molecule has 1 N–H and O–H groups in total. The molecule has 0 spiro atoms. The molecule has 0 radical (unpaired) electrons. The minimum atomic E-state index is 0.643. The molecule has 0 amide bonds. The highest BCUT2D eigenvalue weighted by Gasteiger charge is 2.20. The molecule has 1 saturated carbocycles. The summed E-state index contributed by atoms with van der Waals surface area (Å²) in [5.41, 5.74) is 0. The SMILES string of the molecule is CC1CCC(Nc2ccccn2)C1. The number of hydrogen-bond acceptors (Lipinski definition) is 2. The Bertz CT molecular complexity index is 258. The molecule has 0 aliphatic heterocycles. The third kappa shape index (κ3) is 2.20. The zero-order valence-electron chi connectivity index (χ0n) is 8.03. The zero-order chi connectivity index (χ0) is 9.10. The highest BCUT2D eigenvalue weighted by atomic mass is 15.0. The summed E-state index contributed by atoms with van der Waals surface area (Å²) in [6.07, 6.45) is 5.76. The largest absolute Gasteiger partial charge is 0.367 e. The van der Waals surface area contributed by atoms with Crippen molar-refractivity contribution in [2.24, 2.45) is 5.92 Å². The van der Waals surface area contributed by atoms with Crippen molar-refractivity contribution in [1.29, 1.82) is 0 Å². The lowest BCUT2D eigenvalue weighted by atomic mass is 10.1. The zero-order valence-corrected chi connectivity index (χ0v) is 8.03. The Kier molecular flexibility index (Phi) is 2.48. The van der Waals surface area contributed by atoms with E-state index >= 15 is 0 Å². The van der Waals surface area contributed by atoms with Crippen molar-refractivity contribution in [2.75, 3.05) is 5.32 Å². The predicted molar refractivity (Wildman–Crippen MR) is 54.7 cm³/mol. The van der Waals surface area contributed by atoms with Crippen LogP contribution in [0.5, 0.6) is 0 Å². The summed E-state index contributed by atoms with van der Waals surface area (Å²) in [7, 11) is 0. The van der Waals surface area contributed by atoms with Gasteiger partial charge in [-0.1, -0.05) is 13.0 Å². The third-order valence-electron chi connectivity index (χ3n) is 2.71. The second-order valence-electron chi connectivity index (χ2n) is 3.97. The lowest BCUT2D eigenvalue weighted by molar-refractivity contribution is 0.602. The van der Waals surface area contributed by atoms with Gasteiger partial charge in [0.25, 0.3) is 0 Å². The first-order chi connectivity index (χ1) is 6.34. The Hall–Kier alpha value is -1.05. The van der Waals surface area contributed by atoms with Gasteiger partial charge in [-0.2, -0.15) is 0 Å². The highest BCUT2D eigenvalue weighted by molar-refractivity contribution is 5.34. The Morgan fingerprint density at radius 3 is 2.92 bits per heavy atom. The van der Waals surface area contributed by atoms with Crippen LogP contribution in [0.25, 0.3) is 0 Å². The number of nitrogens with zero attached hydrogens (tertiary/aromatic N) is 1. The molecule has 0 bridgehead atoms. The summed E-state index contributed by atoms with van der Waals surface area (Å²) in [5.74, 6) is 1.89. The van der Waals surface area contributed by atoms with E-state index in [2.05, 4.69) is 17.2 Å². The molecule has 1 aliphatic carbocycles. The molecule has 2 rings (SSSR count). The Morgan fingerprint density at radius 1 is 1.38 bits per heavy atom. The first kappa shape index (κ1) is 8.54. The molecule has 0 aromatic carbocycles. The van der Waals surface area contributed by atoms with Gasteiger partial charge < -0.3 is 5.32 Å². The minimum absolute atomic E-state index is 0.643. The topological polar surface area (TPSA) is 24.9 Å². The molecule has 2 nitrogen and oxygen atoms in total. The molecule has 0 saturated heterocycles. The number of aromatic nitrogens is 1. The second-order valence-corrected chi connectivity index (χ2v) is 3.97. The van der Waals surface area contributed by atoms with E-state index in [9.17, 15) is 0 Å². The summed E-state index contributed by atoms with van der Waals surface area (Å²) in [4.78, 5) is 4.26. The summed E-state index contributed by atoms with van der Waals surface area (Å²) in [5, 5.41) is 3.46. The molecule has 1 aromatic heterocycles. The monoisotopic (exact) mass is 176 g/mol. The van der Waals surface area contributed by atoms with Crippen molar-refractivity contribution in [3.63, 3.8) is 0 Å². The molecule has 2 heteroatoms. The van der Waals surface area contributed by atoms with Crippen LogP contribution in [-0.2, 0) is 0 Å². The molecule has 1 aromatic rings. The van der Waals surface area contributed by atoms with Gasteiger partial charge >= 0.3 is 0 Å². The fourth-order valence-electron chi connectivity index (χ4n) is 2.00. The average molecular weight is 176 g/mol. The van der Waals surface area contributed by atoms with Gasteiger partial charge in [-0.05, 0) is 37.3 Å². The summed E-state index contributed by atoms with van der Waals surface area (Å²) in [6, 6.07) is 6.64. The van der Waals surface area contributed by atoms with Crippen LogP contribution in [0.15, 0.2) is 24.4 Å². The number of hydrogen-bond donors (Lipinski definition) is 1. The molecular weight excluding hydrogens is 160 g/mol. The minimum Gasteiger partial charge on any atom is -0.367 e. The van der Waals surface area contributed by atoms with Gasteiger partial charge in [-0.3, -0.25) is 0 Å². The van der Waals surface area contributed by atoms with Crippen LogP contribution in [0.1, 0.15) is 26.2 Å². The fourth-order valence-corrected chi connectivity index (χ4v) is 2.00. The second kappa shape index (κ2) is 3.77. The summed E-state index contributed by atoms with van der Waals surface area (Å²) < 4.78 is 0. The number of rotatable bonds is 2. The molecule has 1 heterocycles. The van der Waals surface area contributed by atoms with Crippen LogP contribution in [-0.4, -0.2) is 11.0 Å². The van der Waals surface area contributed by atoms with Crippen LogP contribution < -0.4 is 5.32 Å². The first-order valence-corrected chi connectivity index (χ1v) is 5.02. The smallest absolute Gasteiger partial charge is 0.126 e. The maximum Gasteiger partial charge on any atom is 0.126 e. The Morgan fingerprint density at radius 2 is 2.31 bits per heavy atom. The van der Waals surface area contributed by atoms with Crippen LogP contribution in [0.2, 0.25) is 0 Å². The van der Waals surface area contributed by atoms with Crippen molar-refractivity contribution in [3.8, 4) is 0 Å². The normalized spacial score (nSPS) is 27.5. The van der Waals surface area contributed by atoms with Crippen LogP contribution in [0.4, 0.5) is 5.82 Å². The maximum atomic E-state index is 4.26. The van der Waals surface area contributed by atoms with E-state index in [0.29, 0.717) is 6.04 Å². The van der Waals surface area contributed by atoms with Crippen LogP contribution in [0, 0.1) is 5.92 Å². The number of nitrogens with one attached hydrogen (secondary N) is 1. The fraction of sp³-hybridized carbons (Fsp3) is 0.545. The van der Waals surface area contributed by atoms with E-state index in [-0.39, 0.29) is 0 Å². The highest BCUT2D eigenvalue weighted by Crippen LogP contribution is 2.26. The predicted octanol–water partition coefficient (Wildman–Crippen LogP) is 2.68. The Balaban J connectivity index is 1.92. The van der Waals surface area contributed by atoms with Gasteiger partial charge in [-0.25, -0.2) is 4.98 Å². The molecule has 2 unspecified atom stereocenters. The summed E-state index contributed by atoms with van der Waals surface area (Å²) in [6.45, 7) is 2.32. The van der Waals surface area contributed by atoms with Gasteiger partial charge in [0.1, 0.15) is 5.82 Å². The van der Waals surface area contributed by atoms with Crippen molar-refractivity contribution in [2.45, 2.75) is 32.2 Å². The molecule has 1 fully saturated rings. The van der Waals surface area contributed by atoms with Crippen LogP contribution in [0.3, 0.4) is 0 Å². The van der Waals surface area contributed by atoms with Crippen LogP contribution >= 0.6 is 0 Å². The third-order valence-corrected chi connectivity index (χ3v) is 2.71. The average Bonchev–Trinajstić information content (AvgIpc) is 2.53. The molecule has 2 atom stereocenters. The molecular formula is C11H16N2. The molecule has 13 heavy (non-hydrogen) atoms. The van der Waals surface area contributed by atoms with E-state index in [1.165, 1.54) is 19.3 Å². The molecule has 1 aliphatic rings.